The van der Waals surface area contributed by atoms with Crippen LogP contribution < -0.4 is 0 Å². The minimum absolute atomic E-state index is 0.121. The Morgan fingerprint density at radius 3 is 1.47 bits per heavy atom. The van der Waals surface area contributed by atoms with Crippen molar-refractivity contribution >= 4 is 64.6 Å². The molecule has 4 unspecified atom stereocenters. The number of esters is 4. The number of hydrogen-bond donors (Lipinski definition) is 1. The van der Waals surface area contributed by atoms with E-state index in [0.29, 0.717) is 0 Å². The number of carbonyl (C=O) groups excluding carboxylic acids is 4. The van der Waals surface area contributed by atoms with Crippen molar-refractivity contribution < 1.29 is 47.6 Å². The number of hydrogen-bond acceptors (Lipinski definition) is 11. The van der Waals surface area contributed by atoms with Crippen molar-refractivity contribution in [1.29, 1.82) is 5.41 Å². The summed E-state index contributed by atoms with van der Waals surface area (Å²) in [5.74, 6) is -8.94. The van der Waals surface area contributed by atoms with E-state index in [1.165, 1.54) is 48.5 Å². The van der Waals surface area contributed by atoms with Crippen LogP contribution in [0.1, 0.15) is 41.4 Å². The molecule has 1 aliphatic carbocycles. The van der Waals surface area contributed by atoms with Gasteiger partial charge >= 0.3 is 23.9 Å². The molecule has 2 aliphatic rings. The van der Waals surface area contributed by atoms with Crippen molar-refractivity contribution in [1.82, 2.24) is 0 Å². The molecule has 4 aromatic carbocycles. The fraction of sp³-hybridized carbons (Fsp3) is 0.216. The fourth-order valence-electron chi connectivity index (χ4n) is 5.91. The zero-order chi connectivity index (χ0) is 36.2. The first-order valence-electron chi connectivity index (χ1n) is 15.5. The van der Waals surface area contributed by atoms with Gasteiger partial charge in [0.25, 0.3) is 3.79 Å². The van der Waals surface area contributed by atoms with Crippen LogP contribution in [-0.2, 0) is 28.4 Å². The lowest BCUT2D eigenvalue weighted by molar-refractivity contribution is -0.421. The fourth-order valence-corrected chi connectivity index (χ4v) is 6.05. The first-order chi connectivity index (χ1) is 24.5. The first-order valence-corrected chi connectivity index (χ1v) is 16.6. The van der Waals surface area contributed by atoms with Gasteiger partial charge in [-0.15, -0.1) is 0 Å². The van der Waals surface area contributed by atoms with Crippen molar-refractivity contribution in [2.45, 2.75) is 28.1 Å². The zero-order valence-electron chi connectivity index (χ0n) is 26.4. The summed E-state index contributed by atoms with van der Waals surface area (Å²) in [6.45, 7) is -0.562. The van der Waals surface area contributed by atoms with E-state index in [1.54, 1.807) is 72.8 Å². The molecular weight excluding hydrogens is 725 g/mol. The summed E-state index contributed by atoms with van der Waals surface area (Å²) in [5, 5.41) is 8.23. The molecule has 1 N–H and O–H groups in total. The summed E-state index contributed by atoms with van der Waals surface area (Å²) in [6, 6.07) is 31.9. The van der Waals surface area contributed by atoms with Gasteiger partial charge in [0.2, 0.25) is 18.0 Å². The van der Waals surface area contributed by atoms with Gasteiger partial charge in [0, 0.05) is 0 Å². The highest BCUT2D eigenvalue weighted by molar-refractivity contribution is 6.76. The summed E-state index contributed by atoms with van der Waals surface area (Å²) in [7, 11) is 0. The third-order valence-corrected chi connectivity index (χ3v) is 8.83. The molecule has 1 saturated heterocycles. The maximum Gasteiger partial charge on any atom is 0.340 e. The Labute approximate surface area is 306 Å². The molecular formula is C37H28Cl3NO10. The summed E-state index contributed by atoms with van der Waals surface area (Å²) in [4.78, 5) is 54.2. The normalized spacial score (nSPS) is 23.5. The summed E-state index contributed by atoms with van der Waals surface area (Å²) < 4.78 is 33.3. The second-order valence-electron chi connectivity index (χ2n) is 11.5. The molecule has 1 saturated carbocycles. The number of halogens is 3. The van der Waals surface area contributed by atoms with Gasteiger partial charge in [-0.25, -0.2) is 19.2 Å². The molecule has 14 heteroatoms. The van der Waals surface area contributed by atoms with Gasteiger partial charge in [-0.1, -0.05) is 108 Å². The molecule has 2 fully saturated rings. The molecule has 0 radical (unpaired) electrons. The lowest BCUT2D eigenvalue weighted by atomic mass is 9.88. The molecule has 6 atom stereocenters. The Bertz CT molecular complexity index is 1890. The van der Waals surface area contributed by atoms with Gasteiger partial charge in [-0.3, -0.25) is 10.1 Å². The highest BCUT2D eigenvalue weighted by Gasteiger charge is 2.78. The summed E-state index contributed by atoms with van der Waals surface area (Å²) in [6.07, 6.45) is -4.52. The third-order valence-electron chi connectivity index (χ3n) is 8.31. The highest BCUT2D eigenvalue weighted by Crippen LogP contribution is 2.58. The average Bonchev–Trinajstić information content (AvgIpc) is 3.32. The summed E-state index contributed by atoms with van der Waals surface area (Å²) >= 11 is 17.7. The molecule has 0 bridgehead atoms. The number of ether oxygens (including phenoxy) is 6. The predicted octanol–water partition coefficient (Wildman–Crippen LogP) is 6.81. The quantitative estimate of drug-likeness (QED) is 0.0602. The van der Waals surface area contributed by atoms with Crippen molar-refractivity contribution in [3.63, 3.8) is 0 Å². The van der Waals surface area contributed by atoms with Crippen LogP contribution >= 0.6 is 34.8 Å². The van der Waals surface area contributed by atoms with Crippen molar-refractivity contribution in [3.05, 3.63) is 144 Å². The second-order valence-corrected chi connectivity index (χ2v) is 13.8. The smallest absolute Gasteiger partial charge is 0.340 e. The van der Waals surface area contributed by atoms with Gasteiger partial charge in [-0.05, 0) is 48.5 Å². The molecule has 0 amide bonds. The van der Waals surface area contributed by atoms with E-state index in [-0.39, 0.29) is 22.3 Å². The molecule has 51 heavy (non-hydrogen) atoms. The number of alkyl halides is 3. The van der Waals surface area contributed by atoms with E-state index < -0.39 is 76.3 Å². The first kappa shape index (κ1) is 35.9. The van der Waals surface area contributed by atoms with Crippen molar-refractivity contribution in [3.8, 4) is 0 Å². The maximum absolute atomic E-state index is 13.7. The van der Waals surface area contributed by atoms with E-state index in [1.807, 2.05) is 0 Å². The molecule has 11 nitrogen and oxygen atoms in total. The number of nitrogens with one attached hydrogen (secondary N) is 1. The van der Waals surface area contributed by atoms with E-state index in [0.717, 1.165) is 0 Å². The number of carbonyl (C=O) groups is 4. The molecule has 0 spiro atoms. The number of fused-ring (bicyclic) bond motifs is 1. The number of benzene rings is 4. The van der Waals surface area contributed by atoms with Gasteiger partial charge in [0.15, 0.2) is 12.2 Å². The van der Waals surface area contributed by atoms with E-state index in [4.69, 9.17) is 68.6 Å². The standard InChI is InChI=1S/C37H28Cl3NO10/c38-37(39,40)35(41)49-34-27-29(48-32(44)24-17-9-3-10-18-24)28(47-31(43)23-15-7-2-8-16-23)26(21-46-30(42)22-13-5-1-6-14-22)36(27,51-34)50-33(45)25-19-11-4-12-20-25/h1-20,26-29,34,41H,21H2/t26?,27?,28-,29?,34+,36?/m1/s1. The SMILES string of the molecule is N=C(O[C@H]1OC2(OC(=O)c3ccccc3)C1C(OC(=O)c1ccccc1)[C@H](OC(=O)c1ccccc1)C2COC(=O)c1ccccc1)C(Cl)(Cl)Cl. The van der Waals surface area contributed by atoms with Crippen LogP contribution in [-0.4, -0.2) is 64.5 Å². The maximum atomic E-state index is 13.7. The van der Waals surface area contributed by atoms with Gasteiger partial charge in [0.05, 0.1) is 22.3 Å². The average molecular weight is 753 g/mol. The van der Waals surface area contributed by atoms with Crippen LogP contribution in [0.5, 0.6) is 0 Å². The summed E-state index contributed by atoms with van der Waals surface area (Å²) in [5.41, 5.74) is 0.615. The Morgan fingerprint density at radius 2 is 1.02 bits per heavy atom. The van der Waals surface area contributed by atoms with Crippen LogP contribution in [0.2, 0.25) is 0 Å². The largest absolute Gasteiger partial charge is 0.461 e. The van der Waals surface area contributed by atoms with E-state index >= 15 is 0 Å². The van der Waals surface area contributed by atoms with E-state index in [2.05, 4.69) is 0 Å². The molecule has 6 rings (SSSR count). The zero-order valence-corrected chi connectivity index (χ0v) is 28.6. The number of rotatable bonds is 10. The van der Waals surface area contributed by atoms with Crippen LogP contribution in [0, 0.1) is 17.2 Å². The van der Waals surface area contributed by atoms with Crippen LogP contribution in [0.15, 0.2) is 121 Å². The monoisotopic (exact) mass is 751 g/mol. The molecule has 1 aliphatic heterocycles. The van der Waals surface area contributed by atoms with Gasteiger partial charge < -0.3 is 23.7 Å². The van der Waals surface area contributed by atoms with Gasteiger partial charge in [-0.2, -0.15) is 0 Å². The minimum Gasteiger partial charge on any atom is -0.461 e. The Hall–Kier alpha value is -4.94. The lowest BCUT2D eigenvalue weighted by Crippen LogP contribution is -2.66. The highest BCUT2D eigenvalue weighted by atomic mass is 35.6. The van der Waals surface area contributed by atoms with Gasteiger partial charge in [0.1, 0.15) is 18.4 Å². The third kappa shape index (κ3) is 7.72. The van der Waals surface area contributed by atoms with Crippen molar-refractivity contribution in [2.24, 2.45) is 11.8 Å². The molecule has 0 aromatic heterocycles. The van der Waals surface area contributed by atoms with Crippen LogP contribution in [0.4, 0.5) is 0 Å². The van der Waals surface area contributed by atoms with Crippen molar-refractivity contribution in [2.75, 3.05) is 6.61 Å². The molecule has 262 valence electrons. The minimum atomic E-state index is -2.33. The van der Waals surface area contributed by atoms with E-state index in [9.17, 15) is 19.2 Å². The Kier molecular flexibility index (Phi) is 10.6. The Balaban J connectivity index is 1.45. The Morgan fingerprint density at radius 1 is 0.608 bits per heavy atom. The second kappa shape index (κ2) is 15.1. The predicted molar refractivity (Wildman–Crippen MR) is 184 cm³/mol. The molecule has 1 heterocycles. The van der Waals surface area contributed by atoms with Crippen LogP contribution in [0.3, 0.4) is 0 Å². The topological polar surface area (TPSA) is 148 Å². The molecule has 4 aromatic rings. The lowest BCUT2D eigenvalue weighted by Gasteiger charge is -2.51. The van der Waals surface area contributed by atoms with Crippen LogP contribution in [0.25, 0.3) is 0 Å².